The zero-order chi connectivity index (χ0) is 19.1. The number of halogens is 1. The third kappa shape index (κ3) is 5.39. The minimum absolute atomic E-state index is 0.117. The lowest BCUT2D eigenvalue weighted by Gasteiger charge is -2.11. The van der Waals surface area contributed by atoms with Gasteiger partial charge in [0.2, 0.25) is 11.8 Å². The number of aryl methyl sites for hydroxylation is 1. The van der Waals surface area contributed by atoms with Gasteiger partial charge in [0.25, 0.3) is 0 Å². The molecule has 0 atom stereocenters. The van der Waals surface area contributed by atoms with Gasteiger partial charge in [0.05, 0.1) is 27.2 Å². The molecule has 0 unspecified atom stereocenters. The summed E-state index contributed by atoms with van der Waals surface area (Å²) >= 11 is 5.89. The molecule has 2 rings (SSSR count). The van der Waals surface area contributed by atoms with Gasteiger partial charge in [0.15, 0.2) is 11.5 Å². The number of hydrogen-bond acceptors (Lipinski definition) is 4. The summed E-state index contributed by atoms with van der Waals surface area (Å²) in [5, 5.41) is 5.94. The van der Waals surface area contributed by atoms with Crippen LogP contribution >= 0.6 is 11.6 Å². The molecule has 26 heavy (non-hydrogen) atoms. The highest BCUT2D eigenvalue weighted by Crippen LogP contribution is 2.27. The first-order valence-electron chi connectivity index (χ1n) is 7.96. The van der Waals surface area contributed by atoms with Gasteiger partial charge in [-0.2, -0.15) is 0 Å². The Morgan fingerprint density at radius 2 is 1.73 bits per heavy atom. The van der Waals surface area contributed by atoms with Crippen LogP contribution in [0.25, 0.3) is 0 Å². The average Bonchev–Trinajstić information content (AvgIpc) is 2.62. The second-order valence-corrected chi connectivity index (χ2v) is 6.09. The lowest BCUT2D eigenvalue weighted by Crippen LogP contribution is -2.33. The number of anilines is 1. The molecule has 0 bridgehead atoms. The summed E-state index contributed by atoms with van der Waals surface area (Å²) < 4.78 is 10.4. The van der Waals surface area contributed by atoms with Crippen LogP contribution in [-0.2, 0) is 16.0 Å². The predicted octanol–water partition coefficient (Wildman–Crippen LogP) is 2.96. The van der Waals surface area contributed by atoms with Crippen LogP contribution in [0.1, 0.15) is 11.1 Å². The van der Waals surface area contributed by atoms with E-state index in [1.165, 1.54) is 7.11 Å². The molecule has 0 radical (unpaired) electrons. The molecule has 2 aromatic rings. The van der Waals surface area contributed by atoms with E-state index >= 15 is 0 Å². The zero-order valence-electron chi connectivity index (χ0n) is 14.9. The molecular formula is C19H21ClN2O4. The quantitative estimate of drug-likeness (QED) is 0.778. The first-order valence-corrected chi connectivity index (χ1v) is 8.34. The van der Waals surface area contributed by atoms with Crippen molar-refractivity contribution >= 4 is 29.1 Å². The molecule has 0 spiro atoms. The standard InChI is InChI=1S/C19H21ClN2O4/c1-12-8-14(20)5-6-15(12)22-19(24)11-21-18(23)10-13-4-7-16(25-2)17(9-13)26-3/h4-9H,10-11H2,1-3H3,(H,21,23)(H,22,24). The van der Waals surface area contributed by atoms with Crippen LogP contribution in [0.5, 0.6) is 11.5 Å². The number of amides is 2. The number of hydrogen-bond donors (Lipinski definition) is 2. The molecule has 2 aromatic carbocycles. The molecule has 0 fully saturated rings. The Bertz CT molecular complexity index is 808. The van der Waals surface area contributed by atoms with E-state index in [1.807, 2.05) is 6.92 Å². The van der Waals surface area contributed by atoms with E-state index in [0.717, 1.165) is 11.1 Å². The minimum Gasteiger partial charge on any atom is -0.493 e. The van der Waals surface area contributed by atoms with Crippen molar-refractivity contribution in [1.82, 2.24) is 5.32 Å². The normalized spacial score (nSPS) is 10.2. The zero-order valence-corrected chi connectivity index (χ0v) is 15.6. The molecule has 138 valence electrons. The van der Waals surface area contributed by atoms with E-state index in [-0.39, 0.29) is 24.8 Å². The number of nitrogens with one attached hydrogen (secondary N) is 2. The topological polar surface area (TPSA) is 76.7 Å². The molecule has 0 aliphatic heterocycles. The summed E-state index contributed by atoms with van der Waals surface area (Å²) in [6, 6.07) is 10.4. The highest BCUT2D eigenvalue weighted by Gasteiger charge is 2.10. The number of carbonyl (C=O) groups is 2. The predicted molar refractivity (Wildman–Crippen MR) is 101 cm³/mol. The highest BCUT2D eigenvalue weighted by atomic mass is 35.5. The highest BCUT2D eigenvalue weighted by molar-refractivity contribution is 6.30. The summed E-state index contributed by atoms with van der Waals surface area (Å²) in [5.74, 6) is 0.569. The molecule has 2 N–H and O–H groups in total. The van der Waals surface area contributed by atoms with Crippen molar-refractivity contribution in [1.29, 1.82) is 0 Å². The van der Waals surface area contributed by atoms with Gasteiger partial charge in [0, 0.05) is 10.7 Å². The lowest BCUT2D eigenvalue weighted by atomic mass is 10.1. The fourth-order valence-electron chi connectivity index (χ4n) is 2.38. The van der Waals surface area contributed by atoms with Crippen molar-refractivity contribution in [3.8, 4) is 11.5 Å². The first kappa shape index (κ1) is 19.6. The summed E-state index contributed by atoms with van der Waals surface area (Å²) in [4.78, 5) is 24.0. The summed E-state index contributed by atoms with van der Waals surface area (Å²) in [6.45, 7) is 1.73. The number of benzene rings is 2. The maximum atomic E-state index is 12.1. The second kappa shape index (κ2) is 9.10. The molecule has 6 nitrogen and oxygen atoms in total. The van der Waals surface area contributed by atoms with Gasteiger partial charge in [-0.1, -0.05) is 17.7 Å². The third-order valence-corrected chi connectivity index (χ3v) is 3.96. The molecule has 0 saturated heterocycles. The molecule has 2 amide bonds. The van der Waals surface area contributed by atoms with Crippen LogP contribution in [0.2, 0.25) is 5.02 Å². The van der Waals surface area contributed by atoms with Gasteiger partial charge in [-0.25, -0.2) is 0 Å². The number of carbonyl (C=O) groups excluding carboxylic acids is 2. The Kier molecular flexibility index (Phi) is 6.86. The second-order valence-electron chi connectivity index (χ2n) is 5.65. The number of rotatable bonds is 7. The SMILES string of the molecule is COc1ccc(CC(=O)NCC(=O)Nc2ccc(Cl)cc2C)cc1OC. The summed E-state index contributed by atoms with van der Waals surface area (Å²) in [5.41, 5.74) is 2.27. The van der Waals surface area contributed by atoms with Crippen molar-refractivity contribution < 1.29 is 19.1 Å². The smallest absolute Gasteiger partial charge is 0.243 e. The minimum atomic E-state index is -0.309. The van der Waals surface area contributed by atoms with Gasteiger partial charge in [-0.3, -0.25) is 9.59 Å². The first-order chi connectivity index (χ1) is 12.4. The Morgan fingerprint density at radius 3 is 2.38 bits per heavy atom. The van der Waals surface area contributed by atoms with Gasteiger partial charge < -0.3 is 20.1 Å². The van der Waals surface area contributed by atoms with Crippen LogP contribution < -0.4 is 20.1 Å². The van der Waals surface area contributed by atoms with Crippen molar-refractivity contribution in [2.45, 2.75) is 13.3 Å². The number of methoxy groups -OCH3 is 2. The van der Waals surface area contributed by atoms with Crippen molar-refractivity contribution in [2.75, 3.05) is 26.1 Å². The molecule has 7 heteroatoms. The van der Waals surface area contributed by atoms with E-state index in [9.17, 15) is 9.59 Å². The Hall–Kier alpha value is -2.73. The van der Waals surface area contributed by atoms with Crippen molar-refractivity contribution in [2.24, 2.45) is 0 Å². The Labute approximate surface area is 157 Å². The van der Waals surface area contributed by atoms with E-state index in [4.69, 9.17) is 21.1 Å². The van der Waals surface area contributed by atoms with Crippen LogP contribution in [-0.4, -0.2) is 32.6 Å². The molecule has 0 aromatic heterocycles. The molecular weight excluding hydrogens is 356 g/mol. The van der Waals surface area contributed by atoms with E-state index in [0.29, 0.717) is 22.2 Å². The van der Waals surface area contributed by atoms with Crippen LogP contribution in [0.3, 0.4) is 0 Å². The Balaban J connectivity index is 1.87. The fraction of sp³-hybridized carbons (Fsp3) is 0.263. The lowest BCUT2D eigenvalue weighted by molar-refractivity contribution is -0.123. The van der Waals surface area contributed by atoms with Crippen LogP contribution in [0.15, 0.2) is 36.4 Å². The van der Waals surface area contributed by atoms with Crippen molar-refractivity contribution in [3.63, 3.8) is 0 Å². The van der Waals surface area contributed by atoms with Crippen molar-refractivity contribution in [3.05, 3.63) is 52.5 Å². The summed E-state index contributed by atoms with van der Waals surface area (Å²) in [7, 11) is 3.08. The number of ether oxygens (including phenoxy) is 2. The largest absolute Gasteiger partial charge is 0.493 e. The third-order valence-electron chi connectivity index (χ3n) is 3.72. The van der Waals surface area contributed by atoms with Gasteiger partial charge in [0.1, 0.15) is 0 Å². The molecule has 0 heterocycles. The fourth-order valence-corrected chi connectivity index (χ4v) is 2.61. The van der Waals surface area contributed by atoms with E-state index in [1.54, 1.807) is 43.5 Å². The van der Waals surface area contributed by atoms with Gasteiger partial charge >= 0.3 is 0 Å². The van der Waals surface area contributed by atoms with E-state index in [2.05, 4.69) is 10.6 Å². The van der Waals surface area contributed by atoms with E-state index < -0.39 is 0 Å². The maximum Gasteiger partial charge on any atom is 0.243 e. The Morgan fingerprint density at radius 1 is 1.00 bits per heavy atom. The molecule has 0 saturated carbocycles. The molecule has 0 aliphatic carbocycles. The van der Waals surface area contributed by atoms with Gasteiger partial charge in [-0.15, -0.1) is 0 Å². The molecule has 0 aliphatic rings. The van der Waals surface area contributed by atoms with Gasteiger partial charge in [-0.05, 0) is 48.4 Å². The average molecular weight is 377 g/mol. The maximum absolute atomic E-state index is 12.1. The summed E-state index contributed by atoms with van der Waals surface area (Å²) in [6.07, 6.45) is 0.133. The monoisotopic (exact) mass is 376 g/mol. The van der Waals surface area contributed by atoms with Crippen LogP contribution in [0, 0.1) is 6.92 Å². The van der Waals surface area contributed by atoms with Crippen LogP contribution in [0.4, 0.5) is 5.69 Å².